The number of hydrogen-bond acceptors (Lipinski definition) is 7. The second kappa shape index (κ2) is 9.24. The number of methoxy groups -OCH3 is 1. The van der Waals surface area contributed by atoms with Crippen LogP contribution in [-0.4, -0.2) is 49.7 Å². The fourth-order valence-corrected chi connectivity index (χ4v) is 5.15. The standard InChI is InChI=1S/C23H25N3O6S/c1-15(14-30-3)31-19-11-17(23(27)24-22-6-8-26(2)25-22)12-20(13-19)32-18-4-5-21-16(10-18)7-9-33(21,28)29/h4-6,8,10-13,15H,7,9,14H2,1-3H3,(H,24,25,27)/t15-/m0/s1. The Kier molecular flexibility index (Phi) is 6.39. The maximum atomic E-state index is 12.9. The number of benzene rings is 2. The minimum Gasteiger partial charge on any atom is -0.488 e. The zero-order valence-corrected chi connectivity index (χ0v) is 19.4. The van der Waals surface area contributed by atoms with Gasteiger partial charge in [-0.25, -0.2) is 8.42 Å². The van der Waals surface area contributed by atoms with E-state index in [4.69, 9.17) is 14.2 Å². The summed E-state index contributed by atoms with van der Waals surface area (Å²) in [5.41, 5.74) is 1.04. The first-order valence-corrected chi connectivity index (χ1v) is 12.0. The lowest BCUT2D eigenvalue weighted by Crippen LogP contribution is -2.18. The summed E-state index contributed by atoms with van der Waals surface area (Å²) in [5, 5.41) is 6.91. The van der Waals surface area contributed by atoms with Gasteiger partial charge in [0.15, 0.2) is 15.7 Å². The normalized spacial score (nSPS) is 15.0. The van der Waals surface area contributed by atoms with Crippen molar-refractivity contribution in [1.82, 2.24) is 9.78 Å². The molecule has 9 nitrogen and oxygen atoms in total. The molecule has 1 amide bonds. The number of anilines is 1. The first-order valence-electron chi connectivity index (χ1n) is 10.4. The van der Waals surface area contributed by atoms with Gasteiger partial charge in [0, 0.05) is 38.1 Å². The average molecular weight is 472 g/mol. The van der Waals surface area contributed by atoms with Crippen LogP contribution in [0.15, 0.2) is 53.6 Å². The Morgan fingerprint density at radius 2 is 1.94 bits per heavy atom. The van der Waals surface area contributed by atoms with E-state index < -0.39 is 9.84 Å². The maximum Gasteiger partial charge on any atom is 0.257 e. The highest BCUT2D eigenvalue weighted by atomic mass is 32.2. The van der Waals surface area contributed by atoms with Crippen molar-refractivity contribution in [2.75, 3.05) is 24.8 Å². The van der Waals surface area contributed by atoms with Crippen LogP contribution in [0.25, 0.3) is 0 Å². The molecule has 2 heterocycles. The summed E-state index contributed by atoms with van der Waals surface area (Å²) >= 11 is 0. The summed E-state index contributed by atoms with van der Waals surface area (Å²) in [5.74, 6) is 1.44. The Morgan fingerprint density at radius 3 is 2.67 bits per heavy atom. The second-order valence-corrected chi connectivity index (χ2v) is 9.92. The Balaban J connectivity index is 1.62. The van der Waals surface area contributed by atoms with Gasteiger partial charge in [-0.05, 0) is 49.2 Å². The quantitative estimate of drug-likeness (QED) is 0.537. The van der Waals surface area contributed by atoms with Crippen LogP contribution in [0.5, 0.6) is 17.2 Å². The SMILES string of the molecule is COC[C@H](C)Oc1cc(Oc2ccc3c(c2)CCS3(=O)=O)cc(C(=O)Nc2ccn(C)n2)c1. The predicted octanol–water partition coefficient (Wildman–Crippen LogP) is 3.21. The van der Waals surface area contributed by atoms with Crippen molar-refractivity contribution >= 4 is 21.6 Å². The van der Waals surface area contributed by atoms with Gasteiger partial charge in [-0.3, -0.25) is 9.48 Å². The molecule has 1 aromatic heterocycles. The van der Waals surface area contributed by atoms with Crippen LogP contribution in [0.4, 0.5) is 5.82 Å². The molecule has 1 N–H and O–H groups in total. The van der Waals surface area contributed by atoms with Crippen molar-refractivity contribution in [3.63, 3.8) is 0 Å². The van der Waals surface area contributed by atoms with Gasteiger partial charge in [-0.2, -0.15) is 5.10 Å². The number of ether oxygens (including phenoxy) is 3. The van der Waals surface area contributed by atoms with Crippen molar-refractivity contribution < 1.29 is 27.4 Å². The number of carbonyl (C=O) groups excluding carboxylic acids is 1. The average Bonchev–Trinajstić information content (AvgIpc) is 3.29. The monoisotopic (exact) mass is 471 g/mol. The number of aromatic nitrogens is 2. The molecule has 0 fully saturated rings. The molecule has 0 aliphatic carbocycles. The van der Waals surface area contributed by atoms with Crippen LogP contribution in [0.1, 0.15) is 22.8 Å². The molecule has 2 aromatic carbocycles. The van der Waals surface area contributed by atoms with E-state index in [1.807, 2.05) is 6.92 Å². The lowest BCUT2D eigenvalue weighted by Gasteiger charge is -2.16. The van der Waals surface area contributed by atoms with E-state index in [0.29, 0.717) is 46.6 Å². The van der Waals surface area contributed by atoms with E-state index in [2.05, 4.69) is 10.4 Å². The van der Waals surface area contributed by atoms with Crippen LogP contribution in [0.3, 0.4) is 0 Å². The van der Waals surface area contributed by atoms with E-state index >= 15 is 0 Å². The molecule has 1 aliphatic heterocycles. The van der Waals surface area contributed by atoms with Crippen molar-refractivity contribution in [1.29, 1.82) is 0 Å². The zero-order valence-electron chi connectivity index (χ0n) is 18.6. The Labute approximate surface area is 192 Å². The van der Waals surface area contributed by atoms with Gasteiger partial charge >= 0.3 is 0 Å². The number of rotatable bonds is 8. The van der Waals surface area contributed by atoms with Crippen LogP contribution in [0, 0.1) is 0 Å². The third-order valence-electron chi connectivity index (χ3n) is 5.08. The van der Waals surface area contributed by atoms with Crippen molar-refractivity contribution in [3.05, 3.63) is 59.8 Å². The van der Waals surface area contributed by atoms with E-state index in [0.717, 1.165) is 5.56 Å². The Hall–Kier alpha value is -3.37. The van der Waals surface area contributed by atoms with Gasteiger partial charge in [0.2, 0.25) is 0 Å². The molecular formula is C23H25N3O6S. The lowest BCUT2D eigenvalue weighted by atomic mass is 10.1. The summed E-state index contributed by atoms with van der Waals surface area (Å²) in [6, 6.07) is 11.5. The molecule has 1 aliphatic rings. The van der Waals surface area contributed by atoms with E-state index in [-0.39, 0.29) is 17.8 Å². The predicted molar refractivity (Wildman–Crippen MR) is 122 cm³/mol. The van der Waals surface area contributed by atoms with Crippen LogP contribution in [-0.2, 0) is 28.0 Å². The minimum absolute atomic E-state index is 0.102. The summed E-state index contributed by atoms with van der Waals surface area (Å²) in [6.45, 7) is 2.23. The molecule has 0 radical (unpaired) electrons. The van der Waals surface area contributed by atoms with E-state index in [9.17, 15) is 13.2 Å². The number of sulfone groups is 1. The van der Waals surface area contributed by atoms with E-state index in [1.54, 1.807) is 67.5 Å². The summed E-state index contributed by atoms with van der Waals surface area (Å²) < 4.78 is 42.8. The smallest absolute Gasteiger partial charge is 0.257 e. The molecule has 3 aromatic rings. The molecule has 33 heavy (non-hydrogen) atoms. The first kappa shape index (κ1) is 22.8. The molecule has 0 bridgehead atoms. The number of carbonyl (C=O) groups is 1. The first-order chi connectivity index (χ1) is 15.7. The summed E-state index contributed by atoms with van der Waals surface area (Å²) in [4.78, 5) is 13.2. The molecule has 1 atom stereocenters. The molecule has 10 heteroatoms. The van der Waals surface area contributed by atoms with Gasteiger partial charge in [0.25, 0.3) is 5.91 Å². The van der Waals surface area contributed by atoms with Gasteiger partial charge < -0.3 is 19.5 Å². The maximum absolute atomic E-state index is 12.9. The molecule has 0 saturated carbocycles. The third kappa shape index (κ3) is 5.35. The summed E-state index contributed by atoms with van der Waals surface area (Å²) in [6.07, 6.45) is 1.93. The van der Waals surface area contributed by atoms with Gasteiger partial charge in [0.05, 0.1) is 17.3 Å². The largest absolute Gasteiger partial charge is 0.488 e. The molecule has 0 spiro atoms. The highest BCUT2D eigenvalue weighted by molar-refractivity contribution is 7.91. The van der Waals surface area contributed by atoms with E-state index in [1.165, 1.54) is 0 Å². The van der Waals surface area contributed by atoms with Gasteiger partial charge in [0.1, 0.15) is 23.4 Å². The van der Waals surface area contributed by atoms with Gasteiger partial charge in [-0.15, -0.1) is 0 Å². The Morgan fingerprint density at radius 1 is 1.15 bits per heavy atom. The zero-order chi connectivity index (χ0) is 23.6. The topological polar surface area (TPSA) is 109 Å². The molecular weight excluding hydrogens is 446 g/mol. The molecule has 0 saturated heterocycles. The summed E-state index contributed by atoms with van der Waals surface area (Å²) in [7, 11) is 0.127. The fourth-order valence-electron chi connectivity index (χ4n) is 3.61. The second-order valence-electron chi connectivity index (χ2n) is 7.85. The molecule has 174 valence electrons. The highest BCUT2D eigenvalue weighted by Gasteiger charge is 2.26. The Bertz CT molecular complexity index is 1290. The van der Waals surface area contributed by atoms with Crippen molar-refractivity contribution in [2.24, 2.45) is 7.05 Å². The highest BCUT2D eigenvalue weighted by Crippen LogP contribution is 2.33. The van der Waals surface area contributed by atoms with Gasteiger partial charge in [-0.1, -0.05) is 0 Å². The number of nitrogens with one attached hydrogen (secondary N) is 1. The van der Waals surface area contributed by atoms with Crippen LogP contribution >= 0.6 is 0 Å². The fraction of sp³-hybridized carbons (Fsp3) is 0.304. The third-order valence-corrected chi connectivity index (χ3v) is 6.89. The number of fused-ring (bicyclic) bond motifs is 1. The minimum atomic E-state index is -3.21. The van der Waals surface area contributed by atoms with Crippen molar-refractivity contribution in [2.45, 2.75) is 24.3 Å². The number of amides is 1. The lowest BCUT2D eigenvalue weighted by molar-refractivity contribution is 0.0915. The molecule has 4 rings (SSSR count). The number of hydrogen-bond donors (Lipinski definition) is 1. The molecule has 0 unspecified atom stereocenters. The number of aryl methyl sites for hydroxylation is 2. The van der Waals surface area contributed by atoms with Crippen LogP contribution in [0.2, 0.25) is 0 Å². The number of nitrogens with zero attached hydrogens (tertiary/aromatic N) is 2. The van der Waals surface area contributed by atoms with Crippen molar-refractivity contribution in [3.8, 4) is 17.2 Å². The van der Waals surface area contributed by atoms with Crippen LogP contribution < -0.4 is 14.8 Å².